The molecule has 188 valence electrons. The molecule has 0 aliphatic carbocycles. The molecule has 1 heterocycles. The highest BCUT2D eigenvalue weighted by Crippen LogP contribution is 2.14. The third-order valence-corrected chi connectivity index (χ3v) is 5.82. The Morgan fingerprint density at radius 3 is 1.82 bits per heavy atom. The molecule has 8 heteroatoms. The molecule has 0 radical (unpaired) electrons. The molecule has 1 amide bonds. The number of aromatic nitrogens is 2. The van der Waals surface area contributed by atoms with Gasteiger partial charge in [0.2, 0.25) is 0 Å². The molecular formula is C25H44N4O4. The fourth-order valence-electron chi connectivity index (χ4n) is 3.78. The minimum Gasteiger partial charge on any atom is -0.392 e. The first-order valence-electron chi connectivity index (χ1n) is 12.8. The molecule has 0 bridgehead atoms. The molecule has 0 unspecified atom stereocenters. The highest BCUT2D eigenvalue weighted by atomic mass is 16.6. The first-order valence-corrected chi connectivity index (χ1v) is 12.8. The maximum absolute atomic E-state index is 12.0. The predicted molar refractivity (Wildman–Crippen MR) is 130 cm³/mol. The number of rotatable bonds is 19. The van der Waals surface area contributed by atoms with Gasteiger partial charge in [0.25, 0.3) is 0 Å². The standard InChI is InChI=1S/C25H44N4O4/c1-2-3-4-5-6-7-8-9-10-11-12-13-14-15-16-17-23(30)33-24(31)22(26)18-21-19-29(20-28-21)25(27)32/h19-20,22H,2-18,26H2,1H3,(H2,27,32)/t22-/m0/s1. The summed E-state index contributed by atoms with van der Waals surface area (Å²) in [6.45, 7) is 2.25. The van der Waals surface area contributed by atoms with Gasteiger partial charge in [0.1, 0.15) is 12.4 Å². The molecule has 33 heavy (non-hydrogen) atoms. The van der Waals surface area contributed by atoms with Crippen LogP contribution in [0.1, 0.15) is 115 Å². The van der Waals surface area contributed by atoms with Crippen LogP contribution < -0.4 is 11.5 Å². The quantitative estimate of drug-likeness (QED) is 0.168. The molecular weight excluding hydrogens is 420 g/mol. The molecule has 0 spiro atoms. The van der Waals surface area contributed by atoms with Gasteiger partial charge in [-0.25, -0.2) is 14.6 Å². The first-order chi connectivity index (χ1) is 15.9. The number of carbonyl (C=O) groups is 3. The summed E-state index contributed by atoms with van der Waals surface area (Å²) in [6, 6.07) is -1.70. The summed E-state index contributed by atoms with van der Waals surface area (Å²) < 4.78 is 5.92. The average Bonchev–Trinajstić information content (AvgIpc) is 3.25. The zero-order valence-corrected chi connectivity index (χ0v) is 20.4. The second kappa shape index (κ2) is 18.2. The Labute approximate surface area is 198 Å². The lowest BCUT2D eigenvalue weighted by Crippen LogP contribution is -2.35. The van der Waals surface area contributed by atoms with Crippen LogP contribution in [0.25, 0.3) is 0 Å². The van der Waals surface area contributed by atoms with Crippen LogP contribution in [0.15, 0.2) is 12.5 Å². The van der Waals surface area contributed by atoms with Crippen LogP contribution in [0.3, 0.4) is 0 Å². The molecule has 8 nitrogen and oxygen atoms in total. The first kappa shape index (κ1) is 28.8. The van der Waals surface area contributed by atoms with E-state index < -0.39 is 24.0 Å². The van der Waals surface area contributed by atoms with Crippen LogP contribution in [0.5, 0.6) is 0 Å². The number of nitrogens with two attached hydrogens (primary N) is 2. The monoisotopic (exact) mass is 464 g/mol. The van der Waals surface area contributed by atoms with Crippen molar-refractivity contribution in [3.05, 3.63) is 18.2 Å². The predicted octanol–water partition coefficient (Wildman–Crippen LogP) is 5.01. The minimum atomic E-state index is -1.02. The molecule has 0 saturated heterocycles. The van der Waals surface area contributed by atoms with Crippen molar-refractivity contribution in [3.63, 3.8) is 0 Å². The summed E-state index contributed by atoms with van der Waals surface area (Å²) in [5, 5.41) is 0. The number of amides is 1. The molecule has 0 aliphatic rings. The van der Waals surface area contributed by atoms with E-state index in [-0.39, 0.29) is 12.8 Å². The molecule has 1 atom stereocenters. The third kappa shape index (κ3) is 14.5. The van der Waals surface area contributed by atoms with Crippen molar-refractivity contribution in [2.24, 2.45) is 11.5 Å². The number of imidazole rings is 1. The number of hydrogen-bond donors (Lipinski definition) is 2. The van der Waals surface area contributed by atoms with Crippen LogP contribution in [0.4, 0.5) is 4.79 Å². The molecule has 1 aromatic rings. The zero-order chi connectivity index (χ0) is 24.3. The van der Waals surface area contributed by atoms with Crippen molar-refractivity contribution in [3.8, 4) is 0 Å². The van der Waals surface area contributed by atoms with E-state index in [1.54, 1.807) is 0 Å². The van der Waals surface area contributed by atoms with Crippen LogP contribution in [-0.2, 0) is 20.7 Å². The van der Waals surface area contributed by atoms with Crippen LogP contribution in [-0.4, -0.2) is 33.6 Å². The van der Waals surface area contributed by atoms with Gasteiger partial charge in [-0.15, -0.1) is 0 Å². The third-order valence-electron chi connectivity index (χ3n) is 5.82. The second-order valence-corrected chi connectivity index (χ2v) is 8.91. The van der Waals surface area contributed by atoms with Crippen molar-refractivity contribution in [1.29, 1.82) is 0 Å². The number of nitrogens with zero attached hydrogens (tertiary/aromatic N) is 2. The van der Waals surface area contributed by atoms with E-state index in [0.717, 1.165) is 17.4 Å². The van der Waals surface area contributed by atoms with E-state index in [1.165, 1.54) is 89.6 Å². The number of esters is 2. The van der Waals surface area contributed by atoms with E-state index in [9.17, 15) is 14.4 Å². The number of unbranched alkanes of at least 4 members (excludes halogenated alkanes) is 14. The minimum absolute atomic E-state index is 0.0609. The van der Waals surface area contributed by atoms with Gasteiger partial charge in [-0.3, -0.25) is 9.36 Å². The lowest BCUT2D eigenvalue weighted by atomic mass is 10.0. The van der Waals surface area contributed by atoms with E-state index in [0.29, 0.717) is 12.1 Å². The normalized spacial score (nSPS) is 11.9. The number of carbonyl (C=O) groups excluding carboxylic acids is 3. The summed E-state index contributed by atoms with van der Waals surface area (Å²) >= 11 is 0. The summed E-state index contributed by atoms with van der Waals surface area (Å²) in [7, 11) is 0. The lowest BCUT2D eigenvalue weighted by molar-refractivity contribution is -0.160. The van der Waals surface area contributed by atoms with Gasteiger partial charge in [-0.05, 0) is 6.42 Å². The highest BCUT2D eigenvalue weighted by molar-refractivity contribution is 5.88. The van der Waals surface area contributed by atoms with Crippen molar-refractivity contribution >= 4 is 18.0 Å². The van der Waals surface area contributed by atoms with Gasteiger partial charge in [0.15, 0.2) is 0 Å². The molecule has 1 rings (SSSR count). The summed E-state index contributed by atoms with van der Waals surface area (Å²) in [5.74, 6) is -1.33. The van der Waals surface area contributed by atoms with Gasteiger partial charge in [-0.1, -0.05) is 96.8 Å². The van der Waals surface area contributed by atoms with Crippen LogP contribution in [0.2, 0.25) is 0 Å². The van der Waals surface area contributed by atoms with E-state index in [2.05, 4.69) is 11.9 Å². The van der Waals surface area contributed by atoms with Gasteiger partial charge >= 0.3 is 18.0 Å². The Bertz CT molecular complexity index is 690. The van der Waals surface area contributed by atoms with Crippen molar-refractivity contribution in [1.82, 2.24) is 9.55 Å². The Kier molecular flexibility index (Phi) is 15.9. The smallest absolute Gasteiger partial charge is 0.330 e. The Balaban J connectivity index is 1.95. The van der Waals surface area contributed by atoms with Crippen LogP contribution >= 0.6 is 0 Å². The van der Waals surface area contributed by atoms with E-state index >= 15 is 0 Å². The maximum atomic E-state index is 12.0. The SMILES string of the molecule is CCCCCCCCCCCCCCCCCC(=O)OC(=O)[C@@H](N)Cc1cn(C(N)=O)cn1. The fraction of sp³-hybridized carbons (Fsp3) is 0.760. The summed E-state index contributed by atoms with van der Waals surface area (Å²) in [4.78, 5) is 38.8. The van der Waals surface area contributed by atoms with Crippen LogP contribution in [0, 0.1) is 0 Å². The largest absolute Gasteiger partial charge is 0.392 e. The molecule has 1 aromatic heterocycles. The molecule has 0 aliphatic heterocycles. The average molecular weight is 465 g/mol. The summed E-state index contributed by atoms with van der Waals surface area (Å²) in [5.41, 5.74) is 11.3. The van der Waals surface area contributed by atoms with E-state index in [4.69, 9.17) is 16.2 Å². The molecule has 0 fully saturated rings. The van der Waals surface area contributed by atoms with Gasteiger partial charge in [-0.2, -0.15) is 0 Å². The van der Waals surface area contributed by atoms with Gasteiger partial charge in [0.05, 0.1) is 5.69 Å². The number of primary amides is 1. The number of ether oxygens (including phenoxy) is 1. The van der Waals surface area contributed by atoms with Crippen molar-refractivity contribution in [2.45, 2.75) is 122 Å². The Hall–Kier alpha value is -2.22. The topological polar surface area (TPSA) is 130 Å². The maximum Gasteiger partial charge on any atom is 0.330 e. The molecule has 4 N–H and O–H groups in total. The highest BCUT2D eigenvalue weighted by Gasteiger charge is 2.20. The van der Waals surface area contributed by atoms with E-state index in [1.807, 2.05) is 0 Å². The van der Waals surface area contributed by atoms with Crippen molar-refractivity contribution < 1.29 is 19.1 Å². The Morgan fingerprint density at radius 2 is 1.36 bits per heavy atom. The Morgan fingerprint density at radius 1 is 0.879 bits per heavy atom. The second-order valence-electron chi connectivity index (χ2n) is 8.91. The summed E-state index contributed by atoms with van der Waals surface area (Å²) in [6.07, 6.45) is 21.7. The number of hydrogen-bond acceptors (Lipinski definition) is 6. The van der Waals surface area contributed by atoms with Gasteiger partial charge < -0.3 is 16.2 Å². The molecule has 0 aromatic carbocycles. The lowest BCUT2D eigenvalue weighted by Gasteiger charge is -2.09. The fourth-order valence-corrected chi connectivity index (χ4v) is 3.78. The molecule has 0 saturated carbocycles. The zero-order valence-electron chi connectivity index (χ0n) is 20.4. The van der Waals surface area contributed by atoms with Crippen molar-refractivity contribution in [2.75, 3.05) is 0 Å². The van der Waals surface area contributed by atoms with Gasteiger partial charge in [0, 0.05) is 19.0 Å².